The van der Waals surface area contributed by atoms with Crippen molar-refractivity contribution in [3.8, 4) is 0 Å². The van der Waals surface area contributed by atoms with Crippen molar-refractivity contribution in [2.75, 3.05) is 18.9 Å². The second kappa shape index (κ2) is 7.09. The van der Waals surface area contributed by atoms with E-state index in [1.165, 1.54) is 39.2 Å². The summed E-state index contributed by atoms with van der Waals surface area (Å²) in [5.41, 5.74) is 0.688. The first-order valence-corrected chi connectivity index (χ1v) is 8.88. The SMILES string of the molecule is CNS(=O)(=O)c1ccccc1NCCCC1CCCC1. The summed E-state index contributed by atoms with van der Waals surface area (Å²) in [6.45, 7) is 0.826. The Balaban J connectivity index is 1.89. The molecule has 0 atom stereocenters. The van der Waals surface area contributed by atoms with E-state index < -0.39 is 10.0 Å². The molecule has 0 heterocycles. The van der Waals surface area contributed by atoms with Crippen LogP contribution >= 0.6 is 0 Å². The van der Waals surface area contributed by atoms with E-state index in [1.54, 1.807) is 12.1 Å². The highest BCUT2D eigenvalue weighted by atomic mass is 32.2. The van der Waals surface area contributed by atoms with Crippen LogP contribution in [0.2, 0.25) is 0 Å². The third kappa shape index (κ3) is 3.96. The number of anilines is 1. The van der Waals surface area contributed by atoms with Crippen LogP contribution in [-0.4, -0.2) is 22.0 Å². The van der Waals surface area contributed by atoms with Gasteiger partial charge in [-0.1, -0.05) is 37.8 Å². The van der Waals surface area contributed by atoms with E-state index in [0.29, 0.717) is 10.6 Å². The van der Waals surface area contributed by atoms with Gasteiger partial charge in [-0.05, 0) is 37.9 Å². The minimum atomic E-state index is -3.39. The zero-order valence-electron chi connectivity index (χ0n) is 12.1. The molecule has 1 saturated carbocycles. The number of para-hydroxylation sites is 1. The summed E-state index contributed by atoms with van der Waals surface area (Å²) < 4.78 is 26.2. The average molecular weight is 296 g/mol. The summed E-state index contributed by atoms with van der Waals surface area (Å²) in [4.78, 5) is 0.323. The van der Waals surface area contributed by atoms with E-state index in [9.17, 15) is 8.42 Å². The largest absolute Gasteiger partial charge is 0.384 e. The van der Waals surface area contributed by atoms with Gasteiger partial charge in [-0.2, -0.15) is 0 Å². The number of hydrogen-bond donors (Lipinski definition) is 2. The first-order valence-electron chi connectivity index (χ1n) is 7.40. The standard InChI is InChI=1S/C15H24N2O2S/c1-16-20(18,19)15-11-5-4-10-14(15)17-12-6-9-13-7-2-3-8-13/h4-5,10-11,13,16-17H,2-3,6-9,12H2,1H3. The van der Waals surface area contributed by atoms with Crippen LogP contribution in [0.1, 0.15) is 38.5 Å². The second-order valence-electron chi connectivity index (χ2n) is 5.42. The van der Waals surface area contributed by atoms with Gasteiger partial charge in [0.05, 0.1) is 5.69 Å². The van der Waals surface area contributed by atoms with Gasteiger partial charge in [0.25, 0.3) is 0 Å². The molecule has 0 spiro atoms. The molecule has 112 valence electrons. The normalized spacial score (nSPS) is 16.4. The summed E-state index contributed by atoms with van der Waals surface area (Å²) in [6, 6.07) is 7.05. The summed E-state index contributed by atoms with van der Waals surface area (Å²) >= 11 is 0. The van der Waals surface area contributed by atoms with Gasteiger partial charge >= 0.3 is 0 Å². The molecule has 20 heavy (non-hydrogen) atoms. The predicted octanol–water partition coefficient (Wildman–Crippen LogP) is 2.98. The highest BCUT2D eigenvalue weighted by Crippen LogP contribution is 2.28. The molecule has 1 aromatic carbocycles. The molecule has 0 amide bonds. The Morgan fingerprint density at radius 2 is 1.90 bits per heavy atom. The van der Waals surface area contributed by atoms with Gasteiger partial charge in [-0.3, -0.25) is 0 Å². The fraction of sp³-hybridized carbons (Fsp3) is 0.600. The lowest BCUT2D eigenvalue weighted by molar-refractivity contribution is 0.491. The molecular formula is C15H24N2O2S. The van der Waals surface area contributed by atoms with Crippen LogP contribution in [-0.2, 0) is 10.0 Å². The fourth-order valence-corrected chi connectivity index (χ4v) is 3.78. The Hall–Kier alpha value is -1.07. The van der Waals surface area contributed by atoms with Gasteiger partial charge in [-0.25, -0.2) is 13.1 Å². The maximum Gasteiger partial charge on any atom is 0.242 e. The average Bonchev–Trinajstić information content (AvgIpc) is 2.97. The maximum atomic E-state index is 11.9. The van der Waals surface area contributed by atoms with Crippen molar-refractivity contribution in [1.82, 2.24) is 4.72 Å². The molecular weight excluding hydrogens is 272 g/mol. The van der Waals surface area contributed by atoms with Crippen LogP contribution in [0.5, 0.6) is 0 Å². The van der Waals surface area contributed by atoms with Gasteiger partial charge in [0.15, 0.2) is 0 Å². The van der Waals surface area contributed by atoms with Crippen molar-refractivity contribution in [3.63, 3.8) is 0 Å². The Morgan fingerprint density at radius 3 is 2.60 bits per heavy atom. The Kier molecular flexibility index (Phi) is 5.43. The van der Waals surface area contributed by atoms with Crippen molar-refractivity contribution in [3.05, 3.63) is 24.3 Å². The van der Waals surface area contributed by atoms with Crippen LogP contribution in [0.25, 0.3) is 0 Å². The molecule has 2 N–H and O–H groups in total. The van der Waals surface area contributed by atoms with Crippen molar-refractivity contribution >= 4 is 15.7 Å². The molecule has 1 aliphatic rings. The molecule has 0 unspecified atom stereocenters. The van der Waals surface area contributed by atoms with E-state index in [1.807, 2.05) is 12.1 Å². The predicted molar refractivity (Wildman–Crippen MR) is 82.4 cm³/mol. The van der Waals surface area contributed by atoms with Gasteiger partial charge in [0, 0.05) is 6.54 Å². The van der Waals surface area contributed by atoms with Gasteiger partial charge < -0.3 is 5.32 Å². The molecule has 1 aliphatic carbocycles. The molecule has 5 heteroatoms. The highest BCUT2D eigenvalue weighted by molar-refractivity contribution is 7.89. The Morgan fingerprint density at radius 1 is 1.20 bits per heavy atom. The molecule has 1 aromatic rings. The molecule has 4 nitrogen and oxygen atoms in total. The van der Waals surface area contributed by atoms with Crippen LogP contribution in [0.15, 0.2) is 29.2 Å². The topological polar surface area (TPSA) is 58.2 Å². The van der Waals surface area contributed by atoms with E-state index in [2.05, 4.69) is 10.0 Å². The van der Waals surface area contributed by atoms with Gasteiger partial charge in [0.1, 0.15) is 4.90 Å². The Labute approximate surface area is 122 Å². The second-order valence-corrected chi connectivity index (χ2v) is 7.28. The van der Waals surface area contributed by atoms with Crippen molar-refractivity contribution in [1.29, 1.82) is 0 Å². The van der Waals surface area contributed by atoms with E-state index in [4.69, 9.17) is 0 Å². The van der Waals surface area contributed by atoms with Crippen LogP contribution in [0, 0.1) is 5.92 Å². The number of rotatable bonds is 7. The lowest BCUT2D eigenvalue weighted by Gasteiger charge is -2.13. The van der Waals surface area contributed by atoms with E-state index in [0.717, 1.165) is 18.9 Å². The zero-order valence-corrected chi connectivity index (χ0v) is 12.9. The van der Waals surface area contributed by atoms with E-state index in [-0.39, 0.29) is 0 Å². The van der Waals surface area contributed by atoms with Crippen LogP contribution in [0.3, 0.4) is 0 Å². The highest BCUT2D eigenvalue weighted by Gasteiger charge is 2.16. The Bertz CT molecular complexity index is 522. The number of hydrogen-bond acceptors (Lipinski definition) is 3. The summed E-state index contributed by atoms with van der Waals surface area (Å²) in [5, 5.41) is 3.26. The number of nitrogens with one attached hydrogen (secondary N) is 2. The van der Waals surface area contributed by atoms with Crippen LogP contribution < -0.4 is 10.0 Å². The third-order valence-electron chi connectivity index (χ3n) is 4.02. The smallest absolute Gasteiger partial charge is 0.242 e. The monoisotopic (exact) mass is 296 g/mol. The minimum absolute atomic E-state index is 0.323. The fourth-order valence-electron chi connectivity index (χ4n) is 2.87. The summed E-state index contributed by atoms with van der Waals surface area (Å²) in [5.74, 6) is 0.882. The van der Waals surface area contributed by atoms with E-state index >= 15 is 0 Å². The van der Waals surface area contributed by atoms with Crippen molar-refractivity contribution < 1.29 is 8.42 Å². The van der Waals surface area contributed by atoms with Gasteiger partial charge in [-0.15, -0.1) is 0 Å². The molecule has 0 radical (unpaired) electrons. The molecule has 0 aliphatic heterocycles. The lowest BCUT2D eigenvalue weighted by Crippen LogP contribution is -2.20. The first-order chi connectivity index (χ1) is 9.63. The van der Waals surface area contributed by atoms with Crippen LogP contribution in [0.4, 0.5) is 5.69 Å². The summed E-state index contributed by atoms with van der Waals surface area (Å²) in [6.07, 6.45) is 7.82. The quantitative estimate of drug-likeness (QED) is 0.761. The minimum Gasteiger partial charge on any atom is -0.384 e. The molecule has 1 fully saturated rings. The first kappa shape index (κ1) is 15.3. The van der Waals surface area contributed by atoms with Crippen molar-refractivity contribution in [2.45, 2.75) is 43.4 Å². The lowest BCUT2D eigenvalue weighted by atomic mass is 10.0. The third-order valence-corrected chi connectivity index (χ3v) is 5.50. The van der Waals surface area contributed by atoms with Gasteiger partial charge in [0.2, 0.25) is 10.0 Å². The summed E-state index contributed by atoms with van der Waals surface area (Å²) in [7, 11) is -1.96. The zero-order chi connectivity index (χ0) is 14.4. The molecule has 2 rings (SSSR count). The molecule has 0 saturated heterocycles. The van der Waals surface area contributed by atoms with Crippen molar-refractivity contribution in [2.24, 2.45) is 5.92 Å². The number of sulfonamides is 1. The maximum absolute atomic E-state index is 11.9. The molecule has 0 bridgehead atoms. The molecule has 0 aromatic heterocycles. The number of benzene rings is 1.